The zero-order valence-electron chi connectivity index (χ0n) is 14.9. The summed E-state index contributed by atoms with van der Waals surface area (Å²) < 4.78 is 5.44. The molecule has 4 rings (SSSR count). The summed E-state index contributed by atoms with van der Waals surface area (Å²) in [5.74, 6) is 3.79. The van der Waals surface area contributed by atoms with Gasteiger partial charge in [-0.1, -0.05) is 11.6 Å². The van der Waals surface area contributed by atoms with Gasteiger partial charge in [-0.05, 0) is 19.1 Å². The summed E-state index contributed by atoms with van der Waals surface area (Å²) in [5, 5.41) is 0.666. The molecular formula is C18H23ClN6O. The van der Waals surface area contributed by atoms with Crippen LogP contribution in [0.25, 0.3) is 0 Å². The van der Waals surface area contributed by atoms with Gasteiger partial charge in [-0.2, -0.15) is 0 Å². The van der Waals surface area contributed by atoms with Crippen molar-refractivity contribution in [3.8, 4) is 0 Å². The summed E-state index contributed by atoms with van der Waals surface area (Å²) in [4.78, 5) is 20.6. The number of anilines is 3. The van der Waals surface area contributed by atoms with E-state index in [1.54, 1.807) is 6.20 Å². The fraction of sp³-hybridized carbons (Fsp3) is 0.500. The highest BCUT2D eigenvalue weighted by Gasteiger charge is 2.21. The molecule has 2 fully saturated rings. The van der Waals surface area contributed by atoms with Crippen molar-refractivity contribution >= 4 is 29.1 Å². The topological polar surface area (TPSA) is 57.6 Å². The van der Waals surface area contributed by atoms with E-state index in [4.69, 9.17) is 16.3 Å². The third kappa shape index (κ3) is 3.83. The first-order valence-electron chi connectivity index (χ1n) is 8.99. The predicted octanol–water partition coefficient (Wildman–Crippen LogP) is 2.00. The molecule has 0 amide bonds. The number of aryl methyl sites for hydroxylation is 1. The number of rotatable bonds is 3. The lowest BCUT2D eigenvalue weighted by atomic mass is 10.3. The highest BCUT2D eigenvalue weighted by atomic mass is 35.5. The molecule has 0 N–H and O–H groups in total. The highest BCUT2D eigenvalue weighted by Crippen LogP contribution is 2.23. The molecule has 0 unspecified atom stereocenters. The van der Waals surface area contributed by atoms with Crippen LogP contribution in [0, 0.1) is 6.92 Å². The zero-order chi connectivity index (χ0) is 17.9. The van der Waals surface area contributed by atoms with Gasteiger partial charge in [-0.3, -0.25) is 0 Å². The Balaban J connectivity index is 1.45. The number of halogens is 1. The van der Waals surface area contributed by atoms with Gasteiger partial charge in [0.25, 0.3) is 0 Å². The van der Waals surface area contributed by atoms with E-state index in [0.29, 0.717) is 5.02 Å². The van der Waals surface area contributed by atoms with E-state index in [2.05, 4.69) is 35.7 Å². The van der Waals surface area contributed by atoms with Gasteiger partial charge in [0.1, 0.15) is 23.3 Å². The molecule has 26 heavy (non-hydrogen) atoms. The number of aromatic nitrogens is 3. The van der Waals surface area contributed by atoms with Crippen molar-refractivity contribution in [2.45, 2.75) is 6.92 Å². The van der Waals surface area contributed by atoms with Crippen LogP contribution in [-0.2, 0) is 4.74 Å². The lowest BCUT2D eigenvalue weighted by Gasteiger charge is -2.36. The van der Waals surface area contributed by atoms with Crippen molar-refractivity contribution in [3.63, 3.8) is 0 Å². The van der Waals surface area contributed by atoms with Crippen molar-refractivity contribution in [1.29, 1.82) is 0 Å². The molecule has 0 radical (unpaired) electrons. The minimum Gasteiger partial charge on any atom is -0.378 e. The Hall–Kier alpha value is -2.12. The van der Waals surface area contributed by atoms with Crippen LogP contribution in [-0.4, -0.2) is 67.4 Å². The van der Waals surface area contributed by atoms with Gasteiger partial charge in [-0.15, -0.1) is 0 Å². The highest BCUT2D eigenvalue weighted by molar-refractivity contribution is 6.30. The van der Waals surface area contributed by atoms with Crippen molar-refractivity contribution < 1.29 is 4.74 Å². The SMILES string of the molecule is Cc1nc(N2CCOCC2)cc(N2CCN(c3ccc(Cl)cn3)CC2)n1. The minimum atomic E-state index is 0.666. The van der Waals surface area contributed by atoms with E-state index in [1.165, 1.54) is 0 Å². The Bertz CT molecular complexity index is 742. The van der Waals surface area contributed by atoms with Crippen LogP contribution in [0.15, 0.2) is 24.4 Å². The van der Waals surface area contributed by atoms with Crippen molar-refractivity contribution in [2.75, 3.05) is 67.2 Å². The average Bonchev–Trinajstić information content (AvgIpc) is 2.69. The predicted molar refractivity (Wildman–Crippen MR) is 103 cm³/mol. The van der Waals surface area contributed by atoms with E-state index in [9.17, 15) is 0 Å². The molecule has 8 heteroatoms. The number of hydrogen-bond acceptors (Lipinski definition) is 7. The monoisotopic (exact) mass is 374 g/mol. The summed E-state index contributed by atoms with van der Waals surface area (Å²) >= 11 is 5.93. The Morgan fingerprint density at radius 3 is 2.00 bits per heavy atom. The van der Waals surface area contributed by atoms with Crippen LogP contribution in [0.1, 0.15) is 5.82 Å². The van der Waals surface area contributed by atoms with Crippen molar-refractivity contribution in [1.82, 2.24) is 15.0 Å². The summed E-state index contributed by atoms with van der Waals surface area (Å²) in [6.07, 6.45) is 1.70. The second kappa shape index (κ2) is 7.63. The normalized spacial score (nSPS) is 18.3. The molecule has 0 saturated carbocycles. The Labute approximate surface area is 158 Å². The molecule has 2 aliphatic rings. The van der Waals surface area contributed by atoms with Crippen LogP contribution in [0.2, 0.25) is 5.02 Å². The Kier molecular flexibility index (Phi) is 5.08. The molecule has 0 atom stereocenters. The smallest absolute Gasteiger partial charge is 0.134 e. The Morgan fingerprint density at radius 1 is 0.846 bits per heavy atom. The molecule has 2 aliphatic heterocycles. The molecule has 4 heterocycles. The summed E-state index contributed by atoms with van der Waals surface area (Å²) in [7, 11) is 0. The molecule has 2 aromatic rings. The van der Waals surface area contributed by atoms with Crippen LogP contribution in [0.5, 0.6) is 0 Å². The molecule has 138 valence electrons. The van der Waals surface area contributed by atoms with E-state index in [0.717, 1.165) is 75.8 Å². The molecule has 2 aromatic heterocycles. The summed E-state index contributed by atoms with van der Waals surface area (Å²) in [5.41, 5.74) is 0. The van der Waals surface area contributed by atoms with Gasteiger partial charge < -0.3 is 19.4 Å². The van der Waals surface area contributed by atoms with Gasteiger partial charge in [0.05, 0.1) is 18.2 Å². The Morgan fingerprint density at radius 2 is 1.42 bits per heavy atom. The number of hydrogen-bond donors (Lipinski definition) is 0. The maximum atomic E-state index is 5.93. The van der Waals surface area contributed by atoms with Gasteiger partial charge in [0, 0.05) is 51.5 Å². The minimum absolute atomic E-state index is 0.666. The average molecular weight is 375 g/mol. The van der Waals surface area contributed by atoms with E-state index in [-0.39, 0.29) is 0 Å². The van der Waals surface area contributed by atoms with Crippen LogP contribution < -0.4 is 14.7 Å². The van der Waals surface area contributed by atoms with Crippen LogP contribution in [0.4, 0.5) is 17.5 Å². The third-order valence-corrected chi connectivity index (χ3v) is 5.01. The van der Waals surface area contributed by atoms with E-state index >= 15 is 0 Å². The van der Waals surface area contributed by atoms with Crippen molar-refractivity contribution in [2.24, 2.45) is 0 Å². The van der Waals surface area contributed by atoms with E-state index in [1.807, 2.05) is 19.1 Å². The number of nitrogens with zero attached hydrogens (tertiary/aromatic N) is 6. The number of pyridine rings is 1. The lowest BCUT2D eigenvalue weighted by molar-refractivity contribution is 0.122. The zero-order valence-corrected chi connectivity index (χ0v) is 15.7. The molecule has 0 bridgehead atoms. The fourth-order valence-corrected chi connectivity index (χ4v) is 3.48. The fourth-order valence-electron chi connectivity index (χ4n) is 3.37. The number of ether oxygens (including phenoxy) is 1. The van der Waals surface area contributed by atoms with Crippen LogP contribution in [0.3, 0.4) is 0 Å². The molecule has 0 spiro atoms. The molecule has 0 aromatic carbocycles. The van der Waals surface area contributed by atoms with Gasteiger partial charge in [0.2, 0.25) is 0 Å². The molecular weight excluding hydrogens is 352 g/mol. The van der Waals surface area contributed by atoms with Crippen LogP contribution >= 0.6 is 11.6 Å². The first-order chi connectivity index (χ1) is 12.7. The lowest BCUT2D eigenvalue weighted by Crippen LogP contribution is -2.47. The maximum absolute atomic E-state index is 5.93. The number of morpholine rings is 1. The van der Waals surface area contributed by atoms with E-state index < -0.39 is 0 Å². The third-order valence-electron chi connectivity index (χ3n) is 4.79. The number of piperazine rings is 1. The van der Waals surface area contributed by atoms with Crippen molar-refractivity contribution in [3.05, 3.63) is 35.2 Å². The van der Waals surface area contributed by atoms with Gasteiger partial charge in [0.15, 0.2) is 0 Å². The van der Waals surface area contributed by atoms with Gasteiger partial charge in [-0.25, -0.2) is 15.0 Å². The standard InChI is InChI=1S/C18H23ClN6O/c1-14-21-17(12-18(22-14)25-8-10-26-11-9-25)24-6-4-23(5-7-24)16-3-2-15(19)13-20-16/h2-3,12-13H,4-11H2,1H3. The second-order valence-corrected chi connectivity index (χ2v) is 6.98. The first-order valence-corrected chi connectivity index (χ1v) is 9.37. The molecule has 0 aliphatic carbocycles. The maximum Gasteiger partial charge on any atom is 0.134 e. The first kappa shape index (κ1) is 17.3. The summed E-state index contributed by atoms with van der Waals surface area (Å²) in [6.45, 7) is 8.86. The molecule has 7 nitrogen and oxygen atoms in total. The largest absolute Gasteiger partial charge is 0.378 e. The summed E-state index contributed by atoms with van der Waals surface area (Å²) in [6, 6.07) is 5.97. The van der Waals surface area contributed by atoms with Gasteiger partial charge >= 0.3 is 0 Å². The second-order valence-electron chi connectivity index (χ2n) is 6.54. The molecule has 2 saturated heterocycles. The quantitative estimate of drug-likeness (QED) is 0.814.